The normalized spacial score (nSPS) is 41.8. The van der Waals surface area contributed by atoms with Crippen LogP contribution in [0.3, 0.4) is 0 Å². The first-order valence-corrected chi connectivity index (χ1v) is 8.16. The van der Waals surface area contributed by atoms with Crippen molar-refractivity contribution in [3.63, 3.8) is 0 Å². The van der Waals surface area contributed by atoms with E-state index in [-0.39, 0.29) is 5.41 Å². The largest absolute Gasteiger partial charge is 0.382 e. The Bertz CT molecular complexity index is 446. The third-order valence-corrected chi connectivity index (χ3v) is 6.39. The Morgan fingerprint density at radius 2 is 1.85 bits per heavy atom. The smallest absolute Gasteiger partial charge is 0.122 e. The highest BCUT2D eigenvalue weighted by molar-refractivity contribution is 5.22. The molecular weight excluding hydrogens is 248 g/mol. The summed E-state index contributed by atoms with van der Waals surface area (Å²) in [5, 5.41) is 14.9. The quantitative estimate of drug-likeness (QED) is 0.790. The van der Waals surface area contributed by atoms with Gasteiger partial charge < -0.3 is 15.4 Å². The molecule has 0 amide bonds. The molecule has 3 nitrogen and oxygen atoms in total. The Hall–Kier alpha value is -0.800. The van der Waals surface area contributed by atoms with Gasteiger partial charge in [0.25, 0.3) is 0 Å². The molecule has 0 aliphatic heterocycles. The average Bonchev–Trinajstić information content (AvgIpc) is 2.91. The molecule has 1 atom stereocenters. The molecule has 110 valence electrons. The highest BCUT2D eigenvalue weighted by atomic mass is 16.3. The lowest BCUT2D eigenvalue weighted by Gasteiger charge is -2.62. The van der Waals surface area contributed by atoms with Crippen LogP contribution in [-0.4, -0.2) is 23.7 Å². The minimum atomic E-state index is -0.735. The first-order chi connectivity index (χ1) is 9.65. The molecule has 1 heterocycles. The predicted molar refractivity (Wildman–Crippen MR) is 79.2 cm³/mol. The van der Waals surface area contributed by atoms with Crippen LogP contribution in [0.15, 0.2) is 18.3 Å². The first-order valence-electron chi connectivity index (χ1n) is 8.16. The summed E-state index contributed by atoms with van der Waals surface area (Å²) in [5.74, 6) is 2.58. The summed E-state index contributed by atoms with van der Waals surface area (Å²) in [6, 6.07) is 4.08. The van der Waals surface area contributed by atoms with Crippen molar-refractivity contribution >= 4 is 0 Å². The van der Waals surface area contributed by atoms with Gasteiger partial charge in [-0.15, -0.1) is 0 Å². The Kier molecular flexibility index (Phi) is 2.80. The minimum absolute atomic E-state index is 0.0929. The van der Waals surface area contributed by atoms with Crippen LogP contribution in [0, 0.1) is 23.2 Å². The predicted octanol–water partition coefficient (Wildman–Crippen LogP) is 2.64. The van der Waals surface area contributed by atoms with Crippen LogP contribution < -0.4 is 5.32 Å². The molecule has 4 saturated carbocycles. The second kappa shape index (κ2) is 4.35. The van der Waals surface area contributed by atoms with Gasteiger partial charge in [0.1, 0.15) is 5.60 Å². The maximum Gasteiger partial charge on any atom is 0.122 e. The van der Waals surface area contributed by atoms with Crippen molar-refractivity contribution in [2.45, 2.75) is 44.1 Å². The number of hydrogen-bond donors (Lipinski definition) is 3. The molecule has 4 aliphatic rings. The second-order valence-corrected chi connectivity index (χ2v) is 7.67. The fourth-order valence-corrected chi connectivity index (χ4v) is 6.03. The van der Waals surface area contributed by atoms with Gasteiger partial charge in [-0.05, 0) is 75.5 Å². The lowest BCUT2D eigenvalue weighted by Crippen LogP contribution is -2.59. The van der Waals surface area contributed by atoms with Crippen molar-refractivity contribution in [3.8, 4) is 0 Å². The fraction of sp³-hybridized carbons (Fsp3) is 0.765. The number of H-pyrrole nitrogens is 1. The van der Waals surface area contributed by atoms with Crippen molar-refractivity contribution in [1.29, 1.82) is 0 Å². The Balaban J connectivity index is 1.76. The third-order valence-electron chi connectivity index (χ3n) is 6.39. The van der Waals surface area contributed by atoms with Gasteiger partial charge >= 0.3 is 0 Å². The van der Waals surface area contributed by atoms with E-state index in [1.807, 2.05) is 19.3 Å². The van der Waals surface area contributed by atoms with Crippen LogP contribution >= 0.6 is 0 Å². The summed E-state index contributed by atoms with van der Waals surface area (Å²) in [5.41, 5.74) is 0.366. The molecule has 4 aliphatic carbocycles. The van der Waals surface area contributed by atoms with Gasteiger partial charge in [0.15, 0.2) is 0 Å². The van der Waals surface area contributed by atoms with Crippen molar-refractivity contribution in [3.05, 3.63) is 24.0 Å². The number of likely N-dealkylation sites (N-methyl/N-ethyl adjacent to an activating group) is 1. The van der Waals surface area contributed by atoms with Gasteiger partial charge in [-0.1, -0.05) is 0 Å². The molecule has 1 unspecified atom stereocenters. The van der Waals surface area contributed by atoms with Crippen molar-refractivity contribution in [1.82, 2.24) is 10.3 Å². The van der Waals surface area contributed by atoms with Gasteiger partial charge in [-0.25, -0.2) is 0 Å². The molecule has 1 aromatic heterocycles. The molecule has 4 bridgehead atoms. The SMILES string of the molecule is CNCC(O)(c1ccc[nH]1)C12CC3CC(CC(C3)C1)C2. The molecule has 5 rings (SSSR count). The standard InChI is InChI=1S/C17H26N2O/c1-18-11-17(20,15-3-2-4-19-15)16-8-12-5-13(9-16)7-14(6-12)10-16/h2-4,12-14,18-20H,5-11H2,1H3. The van der Waals surface area contributed by atoms with E-state index in [0.29, 0.717) is 6.54 Å². The summed E-state index contributed by atoms with van der Waals surface area (Å²) < 4.78 is 0. The van der Waals surface area contributed by atoms with E-state index in [4.69, 9.17) is 0 Å². The van der Waals surface area contributed by atoms with Crippen LogP contribution in [0.2, 0.25) is 0 Å². The zero-order valence-corrected chi connectivity index (χ0v) is 12.4. The highest BCUT2D eigenvalue weighted by Gasteiger charge is 2.60. The topological polar surface area (TPSA) is 48.0 Å². The van der Waals surface area contributed by atoms with Crippen LogP contribution in [0.25, 0.3) is 0 Å². The summed E-state index contributed by atoms with van der Waals surface area (Å²) >= 11 is 0. The number of aliphatic hydroxyl groups is 1. The maximum absolute atomic E-state index is 11.6. The molecule has 0 radical (unpaired) electrons. The first kappa shape index (κ1) is 12.9. The van der Waals surface area contributed by atoms with Gasteiger partial charge in [-0.3, -0.25) is 0 Å². The van der Waals surface area contributed by atoms with Crippen molar-refractivity contribution in [2.75, 3.05) is 13.6 Å². The monoisotopic (exact) mass is 274 g/mol. The number of aromatic nitrogens is 1. The number of rotatable bonds is 4. The van der Waals surface area contributed by atoms with Crippen LogP contribution in [-0.2, 0) is 5.60 Å². The van der Waals surface area contributed by atoms with Gasteiger partial charge in [0, 0.05) is 23.9 Å². The van der Waals surface area contributed by atoms with Gasteiger partial charge in [-0.2, -0.15) is 0 Å². The lowest BCUT2D eigenvalue weighted by molar-refractivity contribution is -0.184. The van der Waals surface area contributed by atoms with E-state index in [1.54, 1.807) is 0 Å². The third kappa shape index (κ3) is 1.66. The molecule has 1 aromatic rings. The zero-order valence-electron chi connectivity index (χ0n) is 12.4. The zero-order chi connectivity index (χ0) is 13.8. The summed E-state index contributed by atoms with van der Waals surface area (Å²) in [4.78, 5) is 3.30. The molecule has 4 fully saturated rings. The van der Waals surface area contributed by atoms with Gasteiger partial charge in [0.05, 0.1) is 0 Å². The van der Waals surface area contributed by atoms with Crippen molar-refractivity contribution in [2.24, 2.45) is 23.2 Å². The van der Waals surface area contributed by atoms with Gasteiger partial charge in [0.2, 0.25) is 0 Å². The molecule has 0 spiro atoms. The number of nitrogens with one attached hydrogen (secondary N) is 2. The Morgan fingerprint density at radius 3 is 2.30 bits per heavy atom. The van der Waals surface area contributed by atoms with E-state index in [2.05, 4.69) is 16.4 Å². The molecular formula is C17H26N2O. The summed E-state index contributed by atoms with van der Waals surface area (Å²) in [6.45, 7) is 0.652. The van der Waals surface area contributed by atoms with E-state index in [1.165, 1.54) is 38.5 Å². The van der Waals surface area contributed by atoms with E-state index >= 15 is 0 Å². The molecule has 3 N–H and O–H groups in total. The van der Waals surface area contributed by atoms with Crippen LogP contribution in [0.4, 0.5) is 0 Å². The van der Waals surface area contributed by atoms with Crippen LogP contribution in [0.5, 0.6) is 0 Å². The lowest BCUT2D eigenvalue weighted by atomic mass is 9.45. The highest BCUT2D eigenvalue weighted by Crippen LogP contribution is 2.65. The van der Waals surface area contributed by atoms with E-state index < -0.39 is 5.60 Å². The summed E-state index contributed by atoms with van der Waals surface area (Å²) in [7, 11) is 1.95. The molecule has 0 aromatic carbocycles. The summed E-state index contributed by atoms with van der Waals surface area (Å²) in [6.07, 6.45) is 9.85. The van der Waals surface area contributed by atoms with Crippen molar-refractivity contribution < 1.29 is 5.11 Å². The van der Waals surface area contributed by atoms with E-state index in [9.17, 15) is 5.11 Å². The van der Waals surface area contributed by atoms with Crippen LogP contribution in [0.1, 0.15) is 44.2 Å². The second-order valence-electron chi connectivity index (χ2n) is 7.67. The molecule has 3 heteroatoms. The fourth-order valence-electron chi connectivity index (χ4n) is 6.03. The molecule has 20 heavy (non-hydrogen) atoms. The minimum Gasteiger partial charge on any atom is -0.382 e. The molecule has 0 saturated heterocycles. The Labute approximate surface area is 121 Å². The van der Waals surface area contributed by atoms with E-state index in [0.717, 1.165) is 23.4 Å². The maximum atomic E-state index is 11.6. The number of hydrogen-bond acceptors (Lipinski definition) is 2. The average molecular weight is 274 g/mol. The Morgan fingerprint density at radius 1 is 1.25 bits per heavy atom. The number of aromatic amines is 1.